The minimum atomic E-state index is -0.228. The van der Waals surface area contributed by atoms with Crippen molar-refractivity contribution in [3.8, 4) is 5.75 Å². The Morgan fingerprint density at radius 3 is 2.57 bits per heavy atom. The number of carbonyl (C=O) groups is 2. The highest BCUT2D eigenvalue weighted by molar-refractivity contribution is 6.05. The maximum atomic E-state index is 12.8. The van der Waals surface area contributed by atoms with E-state index in [1.807, 2.05) is 18.2 Å². The number of hydrogen-bond donors (Lipinski definition) is 2. The predicted octanol–water partition coefficient (Wildman–Crippen LogP) is 3.61. The highest BCUT2D eigenvalue weighted by Crippen LogP contribution is 2.31. The zero-order valence-corrected chi connectivity index (χ0v) is 16.6. The quantitative estimate of drug-likeness (QED) is 0.683. The minimum Gasteiger partial charge on any atom is -0.497 e. The molecule has 0 atom stereocenters. The van der Waals surface area contributed by atoms with Gasteiger partial charge in [-0.25, -0.2) is 4.79 Å². The number of nitrogens with one attached hydrogen (secondary N) is 2. The van der Waals surface area contributed by atoms with E-state index in [1.54, 1.807) is 60.8 Å². The summed E-state index contributed by atoms with van der Waals surface area (Å²) in [7, 11) is 1.60. The van der Waals surface area contributed by atoms with Gasteiger partial charge >= 0.3 is 6.03 Å². The van der Waals surface area contributed by atoms with Crippen LogP contribution >= 0.6 is 0 Å². The molecule has 30 heavy (non-hydrogen) atoms. The molecule has 152 valence electrons. The lowest BCUT2D eigenvalue weighted by Gasteiger charge is -2.18. The monoisotopic (exact) mass is 402 g/mol. The van der Waals surface area contributed by atoms with Crippen molar-refractivity contribution in [3.05, 3.63) is 83.7 Å². The zero-order valence-electron chi connectivity index (χ0n) is 16.6. The molecule has 1 aliphatic rings. The molecule has 0 unspecified atom stereocenters. The van der Waals surface area contributed by atoms with Crippen molar-refractivity contribution < 1.29 is 14.3 Å². The van der Waals surface area contributed by atoms with Crippen LogP contribution in [0.15, 0.2) is 67.0 Å². The van der Waals surface area contributed by atoms with Gasteiger partial charge in [0.15, 0.2) is 0 Å². The normalized spacial score (nSPS) is 12.2. The number of rotatable bonds is 5. The van der Waals surface area contributed by atoms with Crippen LogP contribution in [0, 0.1) is 0 Å². The number of urea groups is 1. The Bertz CT molecular complexity index is 1050. The molecule has 0 fully saturated rings. The second-order valence-corrected chi connectivity index (χ2v) is 6.90. The molecule has 4 rings (SSSR count). The van der Waals surface area contributed by atoms with Crippen LogP contribution in [-0.2, 0) is 13.0 Å². The Hall–Kier alpha value is -3.87. The van der Waals surface area contributed by atoms with Gasteiger partial charge in [-0.15, -0.1) is 0 Å². The van der Waals surface area contributed by atoms with Gasteiger partial charge in [-0.1, -0.05) is 6.07 Å². The van der Waals surface area contributed by atoms with Gasteiger partial charge in [-0.3, -0.25) is 14.7 Å². The second kappa shape index (κ2) is 8.65. The van der Waals surface area contributed by atoms with E-state index < -0.39 is 0 Å². The van der Waals surface area contributed by atoms with Gasteiger partial charge in [0.25, 0.3) is 5.91 Å². The molecule has 7 heteroatoms. The lowest BCUT2D eigenvalue weighted by molar-refractivity contribution is 0.0950. The number of benzene rings is 2. The molecule has 0 spiro atoms. The van der Waals surface area contributed by atoms with Crippen molar-refractivity contribution in [3.63, 3.8) is 0 Å². The first-order valence-electron chi connectivity index (χ1n) is 9.67. The van der Waals surface area contributed by atoms with Crippen LogP contribution in [0.2, 0.25) is 0 Å². The molecule has 0 aliphatic carbocycles. The third-order valence-electron chi connectivity index (χ3n) is 5.06. The van der Waals surface area contributed by atoms with Gasteiger partial charge in [-0.05, 0) is 66.1 Å². The molecule has 0 saturated heterocycles. The molecule has 3 aromatic rings. The Balaban J connectivity index is 1.46. The molecule has 2 aromatic carbocycles. The molecule has 0 saturated carbocycles. The van der Waals surface area contributed by atoms with Crippen molar-refractivity contribution in [1.82, 2.24) is 10.3 Å². The summed E-state index contributed by atoms with van der Waals surface area (Å²) in [5, 5.41) is 5.84. The summed E-state index contributed by atoms with van der Waals surface area (Å²) in [6.45, 7) is 0.943. The third-order valence-corrected chi connectivity index (χ3v) is 5.06. The minimum absolute atomic E-state index is 0.152. The lowest BCUT2D eigenvalue weighted by atomic mass is 10.0. The number of aromatic nitrogens is 1. The number of pyridine rings is 1. The van der Waals surface area contributed by atoms with Crippen LogP contribution in [0.25, 0.3) is 0 Å². The van der Waals surface area contributed by atoms with Gasteiger partial charge in [0.2, 0.25) is 0 Å². The number of anilines is 2. The van der Waals surface area contributed by atoms with Gasteiger partial charge in [0, 0.05) is 42.4 Å². The fourth-order valence-corrected chi connectivity index (χ4v) is 3.50. The van der Waals surface area contributed by atoms with E-state index >= 15 is 0 Å². The molecular formula is C23H22N4O3. The largest absolute Gasteiger partial charge is 0.497 e. The van der Waals surface area contributed by atoms with Crippen LogP contribution in [0.5, 0.6) is 5.75 Å². The molecular weight excluding hydrogens is 380 g/mol. The molecule has 2 heterocycles. The maximum Gasteiger partial charge on any atom is 0.326 e. The summed E-state index contributed by atoms with van der Waals surface area (Å²) in [5.41, 5.74) is 3.90. The van der Waals surface area contributed by atoms with Crippen molar-refractivity contribution in [2.75, 3.05) is 23.9 Å². The molecule has 0 radical (unpaired) electrons. The van der Waals surface area contributed by atoms with E-state index in [-0.39, 0.29) is 11.9 Å². The van der Waals surface area contributed by atoms with Crippen LogP contribution in [-0.4, -0.2) is 30.6 Å². The fourth-order valence-electron chi connectivity index (χ4n) is 3.50. The number of ether oxygens (including phenoxy) is 1. The summed E-state index contributed by atoms with van der Waals surface area (Å²) < 4.78 is 5.14. The summed E-state index contributed by atoms with van der Waals surface area (Å²) in [5.74, 6) is 0.572. The van der Waals surface area contributed by atoms with Crippen molar-refractivity contribution in [2.45, 2.75) is 13.0 Å². The first-order valence-corrected chi connectivity index (χ1v) is 9.67. The highest BCUT2D eigenvalue weighted by Gasteiger charge is 2.28. The average molecular weight is 402 g/mol. The number of nitrogens with zero attached hydrogens (tertiary/aromatic N) is 2. The molecule has 1 aromatic heterocycles. The van der Waals surface area contributed by atoms with E-state index in [0.717, 1.165) is 22.6 Å². The van der Waals surface area contributed by atoms with Crippen molar-refractivity contribution >= 4 is 23.3 Å². The van der Waals surface area contributed by atoms with E-state index in [1.165, 1.54) is 0 Å². The summed E-state index contributed by atoms with van der Waals surface area (Å²) >= 11 is 0. The Morgan fingerprint density at radius 2 is 1.83 bits per heavy atom. The fraction of sp³-hybridized carbons (Fsp3) is 0.174. The van der Waals surface area contributed by atoms with E-state index in [9.17, 15) is 9.59 Å². The van der Waals surface area contributed by atoms with Gasteiger partial charge < -0.3 is 15.4 Å². The summed E-state index contributed by atoms with van der Waals surface area (Å²) in [4.78, 5) is 31.2. The predicted molar refractivity (Wildman–Crippen MR) is 115 cm³/mol. The van der Waals surface area contributed by atoms with E-state index in [0.29, 0.717) is 30.8 Å². The second-order valence-electron chi connectivity index (χ2n) is 6.90. The highest BCUT2D eigenvalue weighted by atomic mass is 16.5. The first-order chi connectivity index (χ1) is 14.7. The Morgan fingerprint density at radius 1 is 1.07 bits per heavy atom. The standard InChI is InChI=1S/C23H22N4O3/c1-30-18-7-5-17(6-8-18)26-23(29)27-14-11-19-20(3-2-4-21(19)27)22(28)25-15-16-9-12-24-13-10-16/h2-10,12-13H,11,14-15H2,1H3,(H,25,28)(H,26,29). The van der Waals surface area contributed by atoms with Gasteiger partial charge in [-0.2, -0.15) is 0 Å². The topological polar surface area (TPSA) is 83.6 Å². The third kappa shape index (κ3) is 4.10. The number of hydrogen-bond acceptors (Lipinski definition) is 4. The number of amides is 3. The summed E-state index contributed by atoms with van der Waals surface area (Å²) in [6, 6.07) is 16.1. The molecule has 0 bridgehead atoms. The molecule has 7 nitrogen and oxygen atoms in total. The number of methoxy groups -OCH3 is 1. The maximum absolute atomic E-state index is 12.8. The van der Waals surface area contributed by atoms with Gasteiger partial charge in [0.1, 0.15) is 5.75 Å². The smallest absolute Gasteiger partial charge is 0.326 e. The van der Waals surface area contributed by atoms with Crippen LogP contribution in [0.3, 0.4) is 0 Å². The average Bonchev–Trinajstić information content (AvgIpc) is 3.23. The van der Waals surface area contributed by atoms with E-state index in [2.05, 4.69) is 15.6 Å². The number of fused-ring (bicyclic) bond motifs is 1. The number of carbonyl (C=O) groups excluding carboxylic acids is 2. The van der Waals surface area contributed by atoms with E-state index in [4.69, 9.17) is 4.74 Å². The van der Waals surface area contributed by atoms with Gasteiger partial charge in [0.05, 0.1) is 7.11 Å². The lowest BCUT2D eigenvalue weighted by Crippen LogP contribution is -2.33. The van der Waals surface area contributed by atoms with Crippen LogP contribution < -0.4 is 20.3 Å². The van der Waals surface area contributed by atoms with Crippen molar-refractivity contribution in [2.24, 2.45) is 0 Å². The Kier molecular flexibility index (Phi) is 5.61. The first kappa shape index (κ1) is 19.4. The molecule has 1 aliphatic heterocycles. The zero-order chi connectivity index (χ0) is 20.9. The van der Waals surface area contributed by atoms with Crippen molar-refractivity contribution in [1.29, 1.82) is 0 Å². The van der Waals surface area contributed by atoms with Crippen LogP contribution in [0.4, 0.5) is 16.2 Å². The molecule has 3 amide bonds. The Labute approximate surface area is 174 Å². The van der Waals surface area contributed by atoms with Crippen LogP contribution in [0.1, 0.15) is 21.5 Å². The SMILES string of the molecule is COc1ccc(NC(=O)N2CCc3c(C(=O)NCc4ccncc4)cccc32)cc1. The molecule has 2 N–H and O–H groups in total. The summed E-state index contributed by atoms with van der Waals surface area (Å²) in [6.07, 6.45) is 4.02.